The SMILES string of the molecule is O=S1(=O)CCN2C[C@H](O)[C@@H](OCc3ccccc3)[C@H](O)[C@@H]2C1. The van der Waals surface area contributed by atoms with Gasteiger partial charge in [-0.1, -0.05) is 30.3 Å². The molecule has 2 aliphatic heterocycles. The van der Waals surface area contributed by atoms with Gasteiger partial charge in [0.05, 0.1) is 36.4 Å². The first-order valence-electron chi connectivity index (χ1n) is 7.42. The molecule has 7 heteroatoms. The summed E-state index contributed by atoms with van der Waals surface area (Å²) in [6, 6.07) is 8.99. The van der Waals surface area contributed by atoms with Crippen molar-refractivity contribution in [1.29, 1.82) is 0 Å². The van der Waals surface area contributed by atoms with Crippen LogP contribution in [0.2, 0.25) is 0 Å². The van der Waals surface area contributed by atoms with Gasteiger partial charge in [-0.15, -0.1) is 0 Å². The molecule has 0 amide bonds. The molecule has 0 radical (unpaired) electrons. The number of rotatable bonds is 3. The molecule has 122 valence electrons. The summed E-state index contributed by atoms with van der Waals surface area (Å²) in [5, 5.41) is 20.7. The lowest BCUT2D eigenvalue weighted by atomic mass is 9.94. The Hall–Kier alpha value is -0.990. The minimum atomic E-state index is -3.13. The third kappa shape index (κ3) is 3.33. The molecule has 4 atom stereocenters. The smallest absolute Gasteiger partial charge is 0.153 e. The molecule has 3 rings (SSSR count). The first-order chi connectivity index (χ1) is 10.5. The molecule has 0 saturated carbocycles. The minimum absolute atomic E-state index is 0.0773. The Morgan fingerprint density at radius 2 is 1.95 bits per heavy atom. The second kappa shape index (κ2) is 6.25. The van der Waals surface area contributed by atoms with E-state index in [4.69, 9.17) is 4.74 Å². The van der Waals surface area contributed by atoms with Crippen molar-refractivity contribution >= 4 is 9.84 Å². The van der Waals surface area contributed by atoms with Crippen LogP contribution in [0.4, 0.5) is 0 Å². The molecule has 6 nitrogen and oxygen atoms in total. The molecule has 0 bridgehead atoms. The first kappa shape index (κ1) is 15.9. The number of nitrogens with zero attached hydrogens (tertiary/aromatic N) is 1. The monoisotopic (exact) mass is 327 g/mol. The van der Waals surface area contributed by atoms with Crippen LogP contribution in [0.15, 0.2) is 30.3 Å². The molecule has 22 heavy (non-hydrogen) atoms. The number of sulfone groups is 1. The van der Waals surface area contributed by atoms with Gasteiger partial charge in [0.2, 0.25) is 0 Å². The number of hydrogen-bond donors (Lipinski definition) is 2. The molecular formula is C15H21NO5S. The number of benzene rings is 1. The molecular weight excluding hydrogens is 306 g/mol. The third-order valence-electron chi connectivity index (χ3n) is 4.40. The quantitative estimate of drug-likeness (QED) is 0.771. The van der Waals surface area contributed by atoms with Crippen molar-refractivity contribution in [2.24, 2.45) is 0 Å². The highest BCUT2D eigenvalue weighted by Crippen LogP contribution is 2.26. The van der Waals surface area contributed by atoms with Crippen molar-refractivity contribution < 1.29 is 23.4 Å². The van der Waals surface area contributed by atoms with Crippen molar-refractivity contribution in [1.82, 2.24) is 4.90 Å². The minimum Gasteiger partial charge on any atom is -0.389 e. The van der Waals surface area contributed by atoms with Crippen LogP contribution in [0.3, 0.4) is 0 Å². The van der Waals surface area contributed by atoms with E-state index >= 15 is 0 Å². The molecule has 2 aliphatic rings. The predicted molar refractivity (Wildman–Crippen MR) is 81.0 cm³/mol. The molecule has 0 aromatic heterocycles. The Kier molecular flexibility index (Phi) is 4.52. The lowest BCUT2D eigenvalue weighted by Crippen LogP contribution is -2.66. The maximum atomic E-state index is 11.8. The normalized spacial score (nSPS) is 35.0. The van der Waals surface area contributed by atoms with Gasteiger partial charge in [0.25, 0.3) is 0 Å². The van der Waals surface area contributed by atoms with E-state index in [-0.39, 0.29) is 18.1 Å². The van der Waals surface area contributed by atoms with Crippen molar-refractivity contribution in [2.45, 2.75) is 31.0 Å². The number of aliphatic hydroxyl groups excluding tert-OH is 2. The van der Waals surface area contributed by atoms with Crippen LogP contribution >= 0.6 is 0 Å². The lowest BCUT2D eigenvalue weighted by Gasteiger charge is -2.47. The molecule has 2 saturated heterocycles. The summed E-state index contributed by atoms with van der Waals surface area (Å²) in [4.78, 5) is 1.85. The molecule has 0 unspecified atom stereocenters. The van der Waals surface area contributed by atoms with E-state index in [1.165, 1.54) is 0 Å². The van der Waals surface area contributed by atoms with Gasteiger partial charge in [-0.05, 0) is 5.56 Å². The molecule has 0 aliphatic carbocycles. The molecule has 1 aromatic carbocycles. The van der Waals surface area contributed by atoms with Crippen LogP contribution in [-0.4, -0.2) is 72.5 Å². The highest BCUT2D eigenvalue weighted by molar-refractivity contribution is 7.91. The predicted octanol–water partition coefficient (Wildman–Crippen LogP) is -0.594. The number of piperidine rings is 1. The van der Waals surface area contributed by atoms with Crippen molar-refractivity contribution in [3.05, 3.63) is 35.9 Å². The van der Waals surface area contributed by atoms with E-state index in [0.717, 1.165) is 5.56 Å². The van der Waals surface area contributed by atoms with E-state index in [2.05, 4.69) is 0 Å². The van der Waals surface area contributed by atoms with Gasteiger partial charge >= 0.3 is 0 Å². The number of hydrogen-bond acceptors (Lipinski definition) is 6. The zero-order valence-corrected chi connectivity index (χ0v) is 13.0. The zero-order valence-electron chi connectivity index (χ0n) is 12.2. The fourth-order valence-corrected chi connectivity index (χ4v) is 4.79. The second-order valence-electron chi connectivity index (χ2n) is 6.00. The topological polar surface area (TPSA) is 87.1 Å². The summed E-state index contributed by atoms with van der Waals surface area (Å²) in [7, 11) is -3.13. The van der Waals surface area contributed by atoms with Gasteiger partial charge < -0.3 is 14.9 Å². The van der Waals surface area contributed by atoms with E-state index in [1.807, 2.05) is 35.2 Å². The van der Waals surface area contributed by atoms with Gasteiger partial charge in [-0.3, -0.25) is 4.90 Å². The van der Waals surface area contributed by atoms with Crippen LogP contribution in [-0.2, 0) is 21.2 Å². The zero-order chi connectivity index (χ0) is 15.7. The van der Waals surface area contributed by atoms with Gasteiger partial charge in [-0.2, -0.15) is 0 Å². The molecule has 2 fully saturated rings. The fourth-order valence-electron chi connectivity index (χ4n) is 3.18. The second-order valence-corrected chi connectivity index (χ2v) is 8.22. The average Bonchev–Trinajstić information content (AvgIpc) is 2.49. The molecule has 2 heterocycles. The fraction of sp³-hybridized carbons (Fsp3) is 0.600. The van der Waals surface area contributed by atoms with Gasteiger partial charge in [0.1, 0.15) is 6.10 Å². The van der Waals surface area contributed by atoms with E-state index < -0.39 is 34.2 Å². The van der Waals surface area contributed by atoms with Gasteiger partial charge in [-0.25, -0.2) is 8.42 Å². The van der Waals surface area contributed by atoms with Crippen LogP contribution in [0.25, 0.3) is 0 Å². The summed E-state index contributed by atoms with van der Waals surface area (Å²) >= 11 is 0. The summed E-state index contributed by atoms with van der Waals surface area (Å²) in [6.07, 6.45) is -2.60. The number of fused-ring (bicyclic) bond motifs is 1. The Bertz CT molecular complexity index is 606. The van der Waals surface area contributed by atoms with E-state index in [9.17, 15) is 18.6 Å². The van der Waals surface area contributed by atoms with Crippen molar-refractivity contribution in [2.75, 3.05) is 24.6 Å². The lowest BCUT2D eigenvalue weighted by molar-refractivity contribution is -0.162. The number of aliphatic hydroxyl groups is 2. The molecule has 2 N–H and O–H groups in total. The Balaban J connectivity index is 1.69. The summed E-state index contributed by atoms with van der Waals surface area (Å²) < 4.78 is 29.2. The largest absolute Gasteiger partial charge is 0.389 e. The van der Waals surface area contributed by atoms with Crippen LogP contribution < -0.4 is 0 Å². The van der Waals surface area contributed by atoms with Crippen molar-refractivity contribution in [3.8, 4) is 0 Å². The molecule has 1 aromatic rings. The summed E-state index contributed by atoms with van der Waals surface area (Å²) in [6.45, 7) is 0.961. The van der Waals surface area contributed by atoms with Crippen LogP contribution in [0.5, 0.6) is 0 Å². The van der Waals surface area contributed by atoms with Gasteiger partial charge in [0.15, 0.2) is 9.84 Å². The summed E-state index contributed by atoms with van der Waals surface area (Å²) in [5.74, 6) is 0.00453. The van der Waals surface area contributed by atoms with Crippen molar-refractivity contribution in [3.63, 3.8) is 0 Å². The molecule has 0 spiro atoms. The van der Waals surface area contributed by atoms with Gasteiger partial charge in [0, 0.05) is 13.1 Å². The van der Waals surface area contributed by atoms with Crippen LogP contribution in [0.1, 0.15) is 5.56 Å². The highest BCUT2D eigenvalue weighted by atomic mass is 32.2. The van der Waals surface area contributed by atoms with E-state index in [1.54, 1.807) is 0 Å². The maximum absolute atomic E-state index is 11.8. The maximum Gasteiger partial charge on any atom is 0.153 e. The highest BCUT2D eigenvalue weighted by Gasteiger charge is 2.46. The average molecular weight is 327 g/mol. The Morgan fingerprint density at radius 1 is 1.23 bits per heavy atom. The number of ether oxygens (including phenoxy) is 1. The standard InChI is InChI=1S/C15H21NO5S/c17-13-8-16-6-7-22(19,20)10-12(16)14(18)15(13)21-9-11-4-2-1-3-5-11/h1-5,12-15,17-18H,6-10H2/t12-,13-,14+,15+/m0/s1. The van der Waals surface area contributed by atoms with Crippen LogP contribution in [0, 0.1) is 0 Å². The first-order valence-corrected chi connectivity index (χ1v) is 9.24. The Morgan fingerprint density at radius 3 is 2.68 bits per heavy atom. The van der Waals surface area contributed by atoms with E-state index in [0.29, 0.717) is 13.1 Å². The summed E-state index contributed by atoms with van der Waals surface area (Å²) in [5.41, 5.74) is 0.945. The third-order valence-corrected chi connectivity index (χ3v) is 6.05. The Labute approximate surface area is 130 Å².